The summed E-state index contributed by atoms with van der Waals surface area (Å²) in [6, 6.07) is 18.6. The van der Waals surface area contributed by atoms with E-state index in [0.717, 1.165) is 24.3 Å². The van der Waals surface area contributed by atoms with Crippen molar-refractivity contribution < 1.29 is 36.3 Å². The monoisotopic (exact) mass is 488 g/mol. The van der Waals surface area contributed by atoms with E-state index in [2.05, 4.69) is 10.6 Å². The maximum Gasteiger partial charge on any atom is 0.341 e. The first-order valence-electron chi connectivity index (χ1n) is 9.73. The molecule has 0 saturated carbocycles. The van der Waals surface area contributed by atoms with E-state index >= 15 is 0 Å². The summed E-state index contributed by atoms with van der Waals surface area (Å²) in [7, 11) is -4.75. The molecule has 0 aliphatic carbocycles. The van der Waals surface area contributed by atoms with Crippen molar-refractivity contribution in [3.8, 4) is 0 Å². The van der Waals surface area contributed by atoms with Crippen LogP contribution in [-0.2, 0) is 19.4 Å². The van der Waals surface area contributed by atoms with Crippen LogP contribution in [0.5, 0.6) is 0 Å². The molecule has 0 heterocycles. The highest BCUT2D eigenvalue weighted by molar-refractivity contribution is 7.91. The number of alkyl halides is 2. The van der Waals surface area contributed by atoms with E-state index in [0.29, 0.717) is 5.56 Å². The Labute approximate surface area is 193 Å². The van der Waals surface area contributed by atoms with Crippen LogP contribution in [0.25, 0.3) is 0 Å². The van der Waals surface area contributed by atoms with Gasteiger partial charge >= 0.3 is 11.7 Å². The SMILES string of the molecule is O=C(COC(=O)c1ccccc1NC(=O)c1ccccc1)Nc1ccc(S(=O)(=O)C(F)F)cc1. The second-order valence-corrected chi connectivity index (χ2v) is 8.74. The van der Waals surface area contributed by atoms with E-state index in [1.807, 2.05) is 0 Å². The van der Waals surface area contributed by atoms with Crippen LogP contribution in [0.1, 0.15) is 20.7 Å². The van der Waals surface area contributed by atoms with Crippen LogP contribution >= 0.6 is 0 Å². The molecule has 11 heteroatoms. The van der Waals surface area contributed by atoms with Gasteiger partial charge in [0.05, 0.1) is 16.1 Å². The molecule has 3 aromatic rings. The molecule has 2 N–H and O–H groups in total. The Morgan fingerprint density at radius 3 is 2.09 bits per heavy atom. The van der Waals surface area contributed by atoms with Crippen LogP contribution in [0.15, 0.2) is 83.8 Å². The number of hydrogen-bond donors (Lipinski definition) is 2. The maximum absolute atomic E-state index is 12.6. The van der Waals surface area contributed by atoms with Crippen LogP contribution in [-0.4, -0.2) is 38.6 Å². The third kappa shape index (κ3) is 6.01. The lowest BCUT2D eigenvalue weighted by Crippen LogP contribution is -2.22. The molecule has 3 rings (SSSR count). The second-order valence-electron chi connectivity index (χ2n) is 6.82. The van der Waals surface area contributed by atoms with E-state index < -0.39 is 44.9 Å². The zero-order valence-corrected chi connectivity index (χ0v) is 18.2. The van der Waals surface area contributed by atoms with Crippen molar-refractivity contribution in [2.75, 3.05) is 17.2 Å². The minimum absolute atomic E-state index is 0.0288. The Morgan fingerprint density at radius 2 is 1.44 bits per heavy atom. The number of anilines is 2. The van der Waals surface area contributed by atoms with E-state index in [4.69, 9.17) is 4.74 Å². The number of esters is 1. The van der Waals surface area contributed by atoms with Gasteiger partial charge in [-0.15, -0.1) is 0 Å². The number of ether oxygens (including phenoxy) is 1. The predicted molar refractivity (Wildman–Crippen MR) is 119 cm³/mol. The largest absolute Gasteiger partial charge is 0.452 e. The lowest BCUT2D eigenvalue weighted by Gasteiger charge is -2.11. The number of carbonyl (C=O) groups excluding carboxylic acids is 3. The third-order valence-electron chi connectivity index (χ3n) is 4.47. The van der Waals surface area contributed by atoms with Crippen LogP contribution < -0.4 is 10.6 Å². The predicted octanol–water partition coefficient (Wildman–Crippen LogP) is 3.73. The van der Waals surface area contributed by atoms with Crippen LogP contribution in [0.4, 0.5) is 20.2 Å². The summed E-state index contributed by atoms with van der Waals surface area (Å²) in [5.41, 5.74) is 0.723. The average Bonchev–Trinajstić information content (AvgIpc) is 2.83. The molecule has 0 atom stereocenters. The van der Waals surface area contributed by atoms with Gasteiger partial charge in [0.1, 0.15) is 0 Å². The summed E-state index contributed by atoms with van der Waals surface area (Å²) in [5, 5.41) is 4.97. The van der Waals surface area contributed by atoms with Crippen molar-refractivity contribution in [2.24, 2.45) is 0 Å². The highest BCUT2D eigenvalue weighted by Crippen LogP contribution is 2.21. The van der Waals surface area contributed by atoms with Gasteiger partial charge in [-0.2, -0.15) is 8.78 Å². The fraction of sp³-hybridized carbons (Fsp3) is 0.0870. The van der Waals surface area contributed by atoms with Crippen molar-refractivity contribution >= 4 is 39.0 Å². The first-order chi connectivity index (χ1) is 16.2. The number of benzene rings is 3. The number of carbonyl (C=O) groups is 3. The normalized spacial score (nSPS) is 11.0. The topological polar surface area (TPSA) is 119 Å². The second kappa shape index (κ2) is 10.7. The lowest BCUT2D eigenvalue weighted by atomic mass is 10.1. The molecule has 0 aliphatic rings. The quantitative estimate of drug-likeness (QED) is 0.467. The molecule has 0 spiro atoms. The van der Waals surface area contributed by atoms with Gasteiger partial charge in [-0.05, 0) is 48.5 Å². The molecule has 3 aromatic carbocycles. The van der Waals surface area contributed by atoms with Gasteiger partial charge in [-0.3, -0.25) is 9.59 Å². The summed E-state index contributed by atoms with van der Waals surface area (Å²) < 4.78 is 53.0. The minimum atomic E-state index is -4.75. The molecule has 0 aromatic heterocycles. The molecule has 8 nitrogen and oxygen atoms in total. The Hall–Kier alpha value is -4.12. The molecular formula is C23H18F2N2O6S. The van der Waals surface area contributed by atoms with Gasteiger partial charge in [0, 0.05) is 11.3 Å². The Kier molecular flexibility index (Phi) is 7.69. The fourth-order valence-electron chi connectivity index (χ4n) is 2.79. The van der Waals surface area contributed by atoms with E-state index in [9.17, 15) is 31.6 Å². The molecule has 0 aliphatic heterocycles. The summed E-state index contributed by atoms with van der Waals surface area (Å²) >= 11 is 0. The summed E-state index contributed by atoms with van der Waals surface area (Å²) in [4.78, 5) is 36.3. The molecule has 0 fully saturated rings. The minimum Gasteiger partial charge on any atom is -0.452 e. The van der Waals surface area contributed by atoms with Crippen molar-refractivity contribution in [2.45, 2.75) is 10.7 Å². The number of para-hydroxylation sites is 1. The standard InChI is InChI=1S/C23H18F2N2O6S/c24-23(25)34(31,32)17-12-10-16(11-13-17)26-20(28)14-33-22(30)18-8-4-5-9-19(18)27-21(29)15-6-2-1-3-7-15/h1-13,23H,14H2,(H,26,28)(H,27,29). The van der Waals surface area contributed by atoms with Crippen molar-refractivity contribution in [3.05, 3.63) is 90.0 Å². The molecule has 34 heavy (non-hydrogen) atoms. The Balaban J connectivity index is 1.60. The van der Waals surface area contributed by atoms with Crippen LogP contribution in [0.2, 0.25) is 0 Å². The highest BCUT2D eigenvalue weighted by atomic mass is 32.2. The molecule has 2 amide bonds. The number of amides is 2. The van der Waals surface area contributed by atoms with E-state index in [1.54, 1.807) is 42.5 Å². The van der Waals surface area contributed by atoms with Crippen LogP contribution in [0.3, 0.4) is 0 Å². The molecular weight excluding hydrogens is 470 g/mol. The Bertz CT molecular complexity index is 1300. The zero-order chi connectivity index (χ0) is 24.7. The van der Waals surface area contributed by atoms with Gasteiger partial charge in [-0.1, -0.05) is 30.3 Å². The molecule has 176 valence electrons. The molecule has 0 radical (unpaired) electrons. The maximum atomic E-state index is 12.6. The van der Waals surface area contributed by atoms with Gasteiger partial charge in [0.2, 0.25) is 9.84 Å². The summed E-state index contributed by atoms with van der Waals surface area (Å²) in [5.74, 6) is -5.61. The average molecular weight is 488 g/mol. The third-order valence-corrected chi connectivity index (χ3v) is 5.87. The zero-order valence-electron chi connectivity index (χ0n) is 17.4. The lowest BCUT2D eigenvalue weighted by molar-refractivity contribution is -0.119. The smallest absolute Gasteiger partial charge is 0.341 e. The molecule has 0 bridgehead atoms. The van der Waals surface area contributed by atoms with E-state index in [-0.39, 0.29) is 16.9 Å². The summed E-state index contributed by atoms with van der Waals surface area (Å²) in [6.45, 7) is -0.684. The van der Waals surface area contributed by atoms with Crippen molar-refractivity contribution in [1.82, 2.24) is 0 Å². The van der Waals surface area contributed by atoms with Gasteiger partial charge < -0.3 is 15.4 Å². The molecule has 0 unspecified atom stereocenters. The first kappa shape index (κ1) is 24.5. The highest BCUT2D eigenvalue weighted by Gasteiger charge is 2.26. The number of rotatable bonds is 8. The van der Waals surface area contributed by atoms with Gasteiger partial charge in [0.15, 0.2) is 6.61 Å². The number of nitrogens with one attached hydrogen (secondary N) is 2. The van der Waals surface area contributed by atoms with Crippen LogP contribution in [0, 0.1) is 0 Å². The molecule has 0 saturated heterocycles. The first-order valence-corrected chi connectivity index (χ1v) is 11.3. The Morgan fingerprint density at radius 1 is 0.824 bits per heavy atom. The van der Waals surface area contributed by atoms with Crippen molar-refractivity contribution in [1.29, 1.82) is 0 Å². The van der Waals surface area contributed by atoms with Crippen molar-refractivity contribution in [3.63, 3.8) is 0 Å². The summed E-state index contributed by atoms with van der Waals surface area (Å²) in [6.07, 6.45) is 0. The van der Waals surface area contributed by atoms with E-state index in [1.165, 1.54) is 12.1 Å². The number of hydrogen-bond acceptors (Lipinski definition) is 6. The number of sulfone groups is 1. The van der Waals surface area contributed by atoms with Gasteiger partial charge in [0.25, 0.3) is 11.8 Å². The van der Waals surface area contributed by atoms with Gasteiger partial charge in [-0.25, -0.2) is 13.2 Å². The fourth-order valence-corrected chi connectivity index (χ4v) is 3.51. The number of halogens is 2.